The quantitative estimate of drug-likeness (QED) is 0.793. The highest BCUT2D eigenvalue weighted by atomic mass is 35.5. The van der Waals surface area contributed by atoms with Crippen molar-refractivity contribution in [2.24, 2.45) is 0 Å². The summed E-state index contributed by atoms with van der Waals surface area (Å²) in [7, 11) is 0. The van der Waals surface area contributed by atoms with Crippen molar-refractivity contribution in [3.05, 3.63) is 69.7 Å². The molecule has 0 heterocycles. The number of alkyl halides is 3. The van der Waals surface area contributed by atoms with Gasteiger partial charge in [-0.2, -0.15) is 13.2 Å². The van der Waals surface area contributed by atoms with E-state index >= 15 is 0 Å². The lowest BCUT2D eigenvalue weighted by atomic mass is 9.99. The molecule has 2 rings (SSSR count). The normalized spacial score (nSPS) is 13.3. The van der Waals surface area contributed by atoms with E-state index in [2.05, 4.69) is 0 Å². The van der Waals surface area contributed by atoms with Gasteiger partial charge in [-0.3, -0.25) is 0 Å². The van der Waals surface area contributed by atoms with Crippen LogP contribution in [-0.2, 0) is 6.18 Å². The summed E-state index contributed by atoms with van der Waals surface area (Å²) in [5, 5.41) is 10.0. The molecule has 0 spiro atoms. The van der Waals surface area contributed by atoms with Gasteiger partial charge in [-0.15, -0.1) is 0 Å². The molecule has 112 valence electrons. The van der Waals surface area contributed by atoms with Gasteiger partial charge >= 0.3 is 6.18 Å². The summed E-state index contributed by atoms with van der Waals surface area (Å²) in [6.45, 7) is 0. The van der Waals surface area contributed by atoms with Gasteiger partial charge in [-0.1, -0.05) is 17.7 Å². The maximum Gasteiger partial charge on any atom is 0.419 e. The zero-order valence-electron chi connectivity index (χ0n) is 10.3. The highest BCUT2D eigenvalue weighted by Gasteiger charge is 2.34. The van der Waals surface area contributed by atoms with E-state index in [-0.39, 0.29) is 16.1 Å². The topological polar surface area (TPSA) is 20.2 Å². The molecule has 7 heteroatoms. The number of rotatable bonds is 2. The van der Waals surface area contributed by atoms with E-state index in [0.717, 1.165) is 18.2 Å². The Balaban J connectivity index is 2.49. The molecule has 0 amide bonds. The predicted molar refractivity (Wildman–Crippen MR) is 66.9 cm³/mol. The Bertz CT molecular complexity index is 669. The van der Waals surface area contributed by atoms with E-state index in [9.17, 15) is 27.1 Å². The fraction of sp³-hybridized carbons (Fsp3) is 0.143. The first-order chi connectivity index (χ1) is 9.70. The smallest absolute Gasteiger partial charge is 0.384 e. The molecule has 2 aromatic carbocycles. The van der Waals surface area contributed by atoms with Gasteiger partial charge in [0, 0.05) is 10.6 Å². The van der Waals surface area contributed by atoms with Gasteiger partial charge < -0.3 is 5.11 Å². The van der Waals surface area contributed by atoms with Gasteiger partial charge in [-0.05, 0) is 35.9 Å². The summed E-state index contributed by atoms with van der Waals surface area (Å²) in [5.74, 6) is -2.16. The molecular formula is C14H8ClF5O. The second-order valence-corrected chi connectivity index (χ2v) is 4.71. The van der Waals surface area contributed by atoms with Crippen LogP contribution < -0.4 is 0 Å². The summed E-state index contributed by atoms with van der Waals surface area (Å²) in [4.78, 5) is 0. The van der Waals surface area contributed by atoms with E-state index < -0.39 is 29.5 Å². The molecule has 0 saturated carbocycles. The third-order valence-electron chi connectivity index (χ3n) is 2.86. The Kier molecular flexibility index (Phi) is 4.20. The predicted octanol–water partition coefficient (Wildman–Crippen LogP) is 4.72. The first-order valence-corrected chi connectivity index (χ1v) is 6.07. The largest absolute Gasteiger partial charge is 0.419 e. The van der Waals surface area contributed by atoms with Crippen LogP contribution in [0.25, 0.3) is 0 Å². The maximum absolute atomic E-state index is 13.2. The Morgan fingerprint density at radius 3 is 2.29 bits per heavy atom. The number of aliphatic hydroxyl groups excluding tert-OH is 1. The van der Waals surface area contributed by atoms with Crippen LogP contribution in [0.5, 0.6) is 0 Å². The minimum atomic E-state index is -4.90. The first kappa shape index (κ1) is 15.7. The fourth-order valence-electron chi connectivity index (χ4n) is 1.83. The first-order valence-electron chi connectivity index (χ1n) is 5.70. The second-order valence-electron chi connectivity index (χ2n) is 4.31. The molecule has 0 aromatic heterocycles. The summed E-state index contributed by atoms with van der Waals surface area (Å²) < 4.78 is 64.2. The van der Waals surface area contributed by atoms with Gasteiger partial charge in [0.05, 0.1) is 5.56 Å². The number of benzene rings is 2. The van der Waals surface area contributed by atoms with Crippen molar-refractivity contribution in [2.45, 2.75) is 12.3 Å². The summed E-state index contributed by atoms with van der Waals surface area (Å²) in [5.41, 5.74) is -1.85. The standard InChI is InChI=1S/C14H8ClF5O/c15-11-3-2-8(16)6-9(11)13(21)7-1-4-12(17)10(5-7)14(18,19)20/h1-6,13,21H. The molecule has 0 aliphatic heterocycles. The number of halogens is 6. The molecule has 0 radical (unpaired) electrons. The van der Waals surface area contributed by atoms with E-state index in [1.165, 1.54) is 6.07 Å². The lowest BCUT2D eigenvalue weighted by Crippen LogP contribution is -2.10. The lowest BCUT2D eigenvalue weighted by Gasteiger charge is -2.16. The van der Waals surface area contributed by atoms with Crippen LogP contribution >= 0.6 is 11.6 Å². The molecular weight excluding hydrogens is 315 g/mol. The number of hydrogen-bond acceptors (Lipinski definition) is 1. The van der Waals surface area contributed by atoms with E-state index in [1.807, 2.05) is 0 Å². The Hall–Kier alpha value is -1.66. The SMILES string of the molecule is OC(c1ccc(F)c(C(F)(F)F)c1)c1cc(F)ccc1Cl. The lowest BCUT2D eigenvalue weighted by molar-refractivity contribution is -0.140. The van der Waals surface area contributed by atoms with Gasteiger partial charge in [0.15, 0.2) is 0 Å². The Labute approximate surface area is 121 Å². The average molecular weight is 323 g/mol. The zero-order valence-corrected chi connectivity index (χ0v) is 11.0. The molecule has 1 nitrogen and oxygen atoms in total. The molecule has 2 aromatic rings. The molecule has 0 aliphatic rings. The molecule has 21 heavy (non-hydrogen) atoms. The van der Waals surface area contributed by atoms with E-state index in [0.29, 0.717) is 12.1 Å². The van der Waals surface area contributed by atoms with Crippen LogP contribution in [0.15, 0.2) is 36.4 Å². The molecule has 1 N–H and O–H groups in total. The van der Waals surface area contributed by atoms with E-state index in [4.69, 9.17) is 11.6 Å². The van der Waals surface area contributed by atoms with E-state index in [1.54, 1.807) is 0 Å². The number of hydrogen-bond donors (Lipinski definition) is 1. The van der Waals surface area contributed by atoms with Crippen LogP contribution in [0.1, 0.15) is 22.8 Å². The van der Waals surface area contributed by atoms with Crippen LogP contribution in [0.2, 0.25) is 5.02 Å². The summed E-state index contributed by atoms with van der Waals surface area (Å²) in [6, 6.07) is 5.17. The van der Waals surface area contributed by atoms with Crippen molar-refractivity contribution in [3.8, 4) is 0 Å². The molecule has 1 unspecified atom stereocenters. The van der Waals surface area contributed by atoms with Crippen LogP contribution in [-0.4, -0.2) is 5.11 Å². The van der Waals surface area contributed by atoms with Gasteiger partial charge in [-0.25, -0.2) is 8.78 Å². The monoisotopic (exact) mass is 322 g/mol. The Morgan fingerprint density at radius 1 is 1.00 bits per heavy atom. The minimum Gasteiger partial charge on any atom is -0.384 e. The zero-order chi connectivity index (χ0) is 15.8. The maximum atomic E-state index is 13.2. The molecule has 0 bridgehead atoms. The minimum absolute atomic E-state index is 0.0122. The van der Waals surface area contributed by atoms with Crippen molar-refractivity contribution < 1.29 is 27.1 Å². The van der Waals surface area contributed by atoms with Crippen molar-refractivity contribution in [1.82, 2.24) is 0 Å². The van der Waals surface area contributed by atoms with Gasteiger partial charge in [0.1, 0.15) is 17.7 Å². The van der Waals surface area contributed by atoms with Crippen LogP contribution in [0, 0.1) is 11.6 Å². The average Bonchev–Trinajstić information content (AvgIpc) is 2.40. The second kappa shape index (κ2) is 5.61. The summed E-state index contributed by atoms with van der Waals surface area (Å²) >= 11 is 5.78. The van der Waals surface area contributed by atoms with Crippen molar-refractivity contribution >= 4 is 11.6 Å². The van der Waals surface area contributed by atoms with Gasteiger partial charge in [0.25, 0.3) is 0 Å². The molecule has 0 aliphatic carbocycles. The third-order valence-corrected chi connectivity index (χ3v) is 3.21. The highest BCUT2D eigenvalue weighted by molar-refractivity contribution is 6.31. The third kappa shape index (κ3) is 3.33. The molecule has 0 saturated heterocycles. The number of aliphatic hydroxyl groups is 1. The Morgan fingerprint density at radius 2 is 1.67 bits per heavy atom. The van der Waals surface area contributed by atoms with Gasteiger partial charge in [0.2, 0.25) is 0 Å². The molecule has 0 fully saturated rings. The highest BCUT2D eigenvalue weighted by Crippen LogP contribution is 2.35. The molecule has 1 atom stereocenters. The summed E-state index contributed by atoms with van der Waals surface area (Å²) in [6.07, 6.45) is -6.50. The van der Waals surface area contributed by atoms with Crippen molar-refractivity contribution in [2.75, 3.05) is 0 Å². The van der Waals surface area contributed by atoms with Crippen molar-refractivity contribution in [1.29, 1.82) is 0 Å². The van der Waals surface area contributed by atoms with Crippen LogP contribution in [0.3, 0.4) is 0 Å². The fourth-order valence-corrected chi connectivity index (χ4v) is 2.05. The van der Waals surface area contributed by atoms with Crippen molar-refractivity contribution in [3.63, 3.8) is 0 Å². The van der Waals surface area contributed by atoms with Crippen LogP contribution in [0.4, 0.5) is 22.0 Å².